The third-order valence-electron chi connectivity index (χ3n) is 5.63. The largest absolute Gasteiger partial charge is 0.468 e. The number of alkyl carbamates (subject to hydrolysis) is 1. The number of carbonyl (C=O) groups excluding carboxylic acids is 5. The molecule has 0 radical (unpaired) electrons. The zero-order valence-electron chi connectivity index (χ0n) is 21.6. The topological polar surface area (TPSA) is 157 Å². The Labute approximate surface area is 211 Å². The van der Waals surface area contributed by atoms with Crippen LogP contribution in [0.5, 0.6) is 0 Å². The third-order valence-corrected chi connectivity index (χ3v) is 5.63. The Hall–Kier alpha value is -3.63. The predicted octanol–water partition coefficient (Wildman–Crippen LogP) is 1.33. The van der Waals surface area contributed by atoms with Gasteiger partial charge in [-0.15, -0.1) is 0 Å². The molecule has 0 aliphatic heterocycles. The van der Waals surface area contributed by atoms with Crippen LogP contribution >= 0.6 is 0 Å². The number of nitrogens with two attached hydrogens (primary N) is 1. The highest BCUT2D eigenvalue weighted by Gasteiger charge is 2.48. The van der Waals surface area contributed by atoms with Gasteiger partial charge in [0.25, 0.3) is 0 Å². The van der Waals surface area contributed by atoms with E-state index in [-0.39, 0.29) is 18.5 Å². The number of ether oxygens (including phenoxy) is 2. The van der Waals surface area contributed by atoms with E-state index in [1.807, 2.05) is 13.8 Å². The van der Waals surface area contributed by atoms with Crippen LogP contribution in [-0.2, 0) is 28.7 Å². The van der Waals surface area contributed by atoms with E-state index in [1.54, 1.807) is 45.0 Å². The van der Waals surface area contributed by atoms with Crippen molar-refractivity contribution in [2.75, 3.05) is 13.7 Å². The molecule has 0 bridgehead atoms. The molecule has 0 heterocycles. The van der Waals surface area contributed by atoms with Gasteiger partial charge in [-0.3, -0.25) is 19.2 Å². The quantitative estimate of drug-likeness (QED) is 0.406. The Morgan fingerprint density at radius 2 is 1.72 bits per heavy atom. The lowest BCUT2D eigenvalue weighted by Gasteiger charge is -2.34. The van der Waals surface area contributed by atoms with Gasteiger partial charge in [-0.2, -0.15) is 0 Å². The Kier molecular flexibility index (Phi) is 9.43. The SMILES string of the molecule is COC(=O)CNC(=O)C(c1ccc(C)cc1)N(C(=O)C(CC(N)=O)NC(=O)OC(C)(C)C)C1CC1C. The molecule has 11 heteroatoms. The minimum Gasteiger partial charge on any atom is -0.468 e. The van der Waals surface area contributed by atoms with Crippen LogP contribution in [0.1, 0.15) is 57.7 Å². The number of carbonyl (C=O) groups is 5. The van der Waals surface area contributed by atoms with Crippen LogP contribution in [-0.4, -0.2) is 66.0 Å². The number of aryl methyl sites for hydroxylation is 1. The van der Waals surface area contributed by atoms with Crippen molar-refractivity contribution < 1.29 is 33.4 Å². The number of benzene rings is 1. The average molecular weight is 505 g/mol. The molecule has 4 unspecified atom stereocenters. The standard InChI is InChI=1S/C25H36N4O7/c1-14-7-9-16(10-8-14)21(22(32)27-13-20(31)35-6)29(18-11-15(18)2)23(33)17(12-19(26)30)28-24(34)36-25(3,4)5/h7-10,15,17-18,21H,11-13H2,1-6H3,(H2,26,30)(H,27,32)(H,28,34). The van der Waals surface area contributed by atoms with Crippen molar-refractivity contribution in [3.05, 3.63) is 35.4 Å². The molecule has 1 saturated carbocycles. The molecule has 4 atom stereocenters. The number of hydrogen-bond acceptors (Lipinski definition) is 7. The molecule has 2 rings (SSSR count). The number of hydrogen-bond donors (Lipinski definition) is 3. The van der Waals surface area contributed by atoms with Crippen LogP contribution < -0.4 is 16.4 Å². The monoisotopic (exact) mass is 504 g/mol. The maximum atomic E-state index is 13.9. The number of methoxy groups -OCH3 is 1. The van der Waals surface area contributed by atoms with Crippen LogP contribution in [0.15, 0.2) is 24.3 Å². The number of nitrogens with one attached hydrogen (secondary N) is 2. The van der Waals surface area contributed by atoms with E-state index in [1.165, 1.54) is 12.0 Å². The van der Waals surface area contributed by atoms with E-state index in [9.17, 15) is 24.0 Å². The summed E-state index contributed by atoms with van der Waals surface area (Å²) in [6.07, 6.45) is -0.762. The van der Waals surface area contributed by atoms with E-state index in [2.05, 4.69) is 15.4 Å². The molecule has 11 nitrogen and oxygen atoms in total. The van der Waals surface area contributed by atoms with Crippen LogP contribution in [0.4, 0.5) is 4.79 Å². The number of esters is 1. The molecule has 1 aliphatic rings. The molecule has 1 fully saturated rings. The Morgan fingerprint density at radius 1 is 1.14 bits per heavy atom. The lowest BCUT2D eigenvalue weighted by molar-refractivity contribution is -0.146. The van der Waals surface area contributed by atoms with E-state index in [0.29, 0.717) is 12.0 Å². The van der Waals surface area contributed by atoms with Gasteiger partial charge in [-0.25, -0.2) is 4.79 Å². The first kappa shape index (κ1) is 28.6. The second-order valence-corrected chi connectivity index (χ2v) is 10.0. The maximum Gasteiger partial charge on any atom is 0.408 e. The Balaban J connectivity index is 2.47. The van der Waals surface area contributed by atoms with Gasteiger partial charge in [0.1, 0.15) is 24.2 Å². The van der Waals surface area contributed by atoms with E-state index in [0.717, 1.165) is 5.56 Å². The molecule has 36 heavy (non-hydrogen) atoms. The first-order valence-electron chi connectivity index (χ1n) is 11.7. The summed E-state index contributed by atoms with van der Waals surface area (Å²) >= 11 is 0. The van der Waals surface area contributed by atoms with Gasteiger partial charge in [0, 0.05) is 6.04 Å². The highest BCUT2D eigenvalue weighted by atomic mass is 16.6. The van der Waals surface area contributed by atoms with Crippen molar-refractivity contribution in [3.8, 4) is 0 Å². The smallest absolute Gasteiger partial charge is 0.408 e. The van der Waals surface area contributed by atoms with Crippen LogP contribution in [0.25, 0.3) is 0 Å². The second kappa shape index (κ2) is 11.9. The first-order valence-corrected chi connectivity index (χ1v) is 11.7. The molecule has 198 valence electrons. The van der Waals surface area contributed by atoms with Crippen molar-refractivity contribution in [2.45, 2.75) is 71.2 Å². The summed E-state index contributed by atoms with van der Waals surface area (Å²) in [5.74, 6) is -2.65. The Bertz CT molecular complexity index is 987. The van der Waals surface area contributed by atoms with Gasteiger partial charge in [0.05, 0.1) is 13.5 Å². The van der Waals surface area contributed by atoms with Crippen LogP contribution in [0.2, 0.25) is 0 Å². The molecule has 4 amide bonds. The zero-order valence-corrected chi connectivity index (χ0v) is 21.6. The van der Waals surface area contributed by atoms with Gasteiger partial charge < -0.3 is 30.7 Å². The van der Waals surface area contributed by atoms with Gasteiger partial charge in [-0.1, -0.05) is 36.8 Å². The lowest BCUT2D eigenvalue weighted by atomic mass is 10.0. The van der Waals surface area contributed by atoms with Gasteiger partial charge >= 0.3 is 12.1 Å². The third kappa shape index (κ3) is 8.24. The van der Waals surface area contributed by atoms with Crippen molar-refractivity contribution in [3.63, 3.8) is 0 Å². The summed E-state index contributed by atoms with van der Waals surface area (Å²) in [4.78, 5) is 64.5. The highest BCUT2D eigenvalue weighted by Crippen LogP contribution is 2.40. The molecule has 1 aliphatic carbocycles. The average Bonchev–Trinajstić information content (AvgIpc) is 3.49. The van der Waals surface area contributed by atoms with E-state index in [4.69, 9.17) is 10.5 Å². The van der Waals surface area contributed by atoms with Crippen molar-refractivity contribution >= 4 is 29.8 Å². The van der Waals surface area contributed by atoms with Crippen molar-refractivity contribution in [2.24, 2.45) is 11.7 Å². The minimum absolute atomic E-state index is 0.0751. The summed E-state index contributed by atoms with van der Waals surface area (Å²) in [6, 6.07) is 4.22. The zero-order chi connectivity index (χ0) is 27.2. The summed E-state index contributed by atoms with van der Waals surface area (Å²) in [5, 5.41) is 4.96. The number of rotatable bonds is 10. The lowest BCUT2D eigenvalue weighted by Crippen LogP contribution is -2.55. The minimum atomic E-state index is -1.36. The molecule has 0 aromatic heterocycles. The number of amides is 4. The van der Waals surface area contributed by atoms with Crippen molar-refractivity contribution in [1.29, 1.82) is 0 Å². The van der Waals surface area contributed by atoms with Crippen LogP contribution in [0, 0.1) is 12.8 Å². The van der Waals surface area contributed by atoms with Gasteiger partial charge in [-0.05, 0) is 45.6 Å². The molecule has 4 N–H and O–H groups in total. The van der Waals surface area contributed by atoms with Crippen LogP contribution in [0.3, 0.4) is 0 Å². The number of nitrogens with zero attached hydrogens (tertiary/aromatic N) is 1. The number of primary amides is 1. The first-order chi connectivity index (χ1) is 16.7. The van der Waals surface area contributed by atoms with E-state index >= 15 is 0 Å². The molecular weight excluding hydrogens is 468 g/mol. The maximum absolute atomic E-state index is 13.9. The van der Waals surface area contributed by atoms with Crippen molar-refractivity contribution in [1.82, 2.24) is 15.5 Å². The molecule has 1 aromatic carbocycles. The summed E-state index contributed by atoms with van der Waals surface area (Å²) < 4.78 is 9.86. The summed E-state index contributed by atoms with van der Waals surface area (Å²) in [7, 11) is 1.20. The van der Waals surface area contributed by atoms with E-state index < -0.39 is 53.9 Å². The Morgan fingerprint density at radius 3 is 2.19 bits per heavy atom. The summed E-state index contributed by atoms with van der Waals surface area (Å²) in [5.41, 5.74) is 5.99. The summed E-state index contributed by atoms with van der Waals surface area (Å²) in [6.45, 7) is 8.41. The normalized spacial score (nSPS) is 18.3. The molecular formula is C25H36N4O7. The predicted molar refractivity (Wildman–Crippen MR) is 130 cm³/mol. The fourth-order valence-corrected chi connectivity index (χ4v) is 3.72. The second-order valence-electron chi connectivity index (χ2n) is 10.0. The van der Waals surface area contributed by atoms with Gasteiger partial charge in [0.2, 0.25) is 17.7 Å². The molecule has 1 aromatic rings. The fraction of sp³-hybridized carbons (Fsp3) is 0.560. The fourth-order valence-electron chi connectivity index (χ4n) is 3.72. The van der Waals surface area contributed by atoms with Gasteiger partial charge in [0.15, 0.2) is 0 Å². The molecule has 0 saturated heterocycles. The molecule has 0 spiro atoms. The highest BCUT2D eigenvalue weighted by molar-refractivity contribution is 5.95.